The number of pyridine rings is 1. The Morgan fingerprint density at radius 2 is 2.06 bits per heavy atom. The van der Waals surface area contributed by atoms with Crippen LogP contribution in [0.5, 0.6) is 0 Å². The molecule has 0 aliphatic carbocycles. The third-order valence-electron chi connectivity index (χ3n) is 6.15. The van der Waals surface area contributed by atoms with Crippen LogP contribution in [0, 0.1) is 0 Å². The monoisotopic (exact) mass is 494 g/mol. The topological polar surface area (TPSA) is 115 Å². The lowest BCUT2D eigenvalue weighted by Gasteiger charge is -2.23. The van der Waals surface area contributed by atoms with E-state index in [0.717, 1.165) is 12.0 Å². The van der Waals surface area contributed by atoms with Crippen molar-refractivity contribution in [1.29, 1.82) is 0 Å². The van der Waals surface area contributed by atoms with E-state index in [1.807, 2.05) is 43.3 Å². The molecule has 1 saturated heterocycles. The van der Waals surface area contributed by atoms with E-state index in [1.54, 1.807) is 24.6 Å². The third-order valence-corrected chi connectivity index (χ3v) is 6.15. The molecule has 2 atom stereocenters. The van der Waals surface area contributed by atoms with Crippen molar-refractivity contribution in [3.63, 3.8) is 0 Å². The van der Waals surface area contributed by atoms with Gasteiger partial charge in [-0.1, -0.05) is 30.3 Å². The van der Waals surface area contributed by atoms with Crippen molar-refractivity contribution < 1.29 is 24.2 Å². The van der Waals surface area contributed by atoms with Crippen molar-refractivity contribution in [3.8, 4) is 0 Å². The Morgan fingerprint density at radius 1 is 1.31 bits per heavy atom. The summed E-state index contributed by atoms with van der Waals surface area (Å²) in [6.07, 6.45) is 3.09. The highest BCUT2D eigenvalue weighted by atomic mass is 16.5. The minimum absolute atomic E-state index is 0.0411. The van der Waals surface area contributed by atoms with Crippen LogP contribution in [0.15, 0.2) is 42.6 Å². The van der Waals surface area contributed by atoms with E-state index in [9.17, 15) is 14.7 Å². The number of anilines is 2. The largest absolute Gasteiger partial charge is 0.464 e. The van der Waals surface area contributed by atoms with Gasteiger partial charge in [-0.15, -0.1) is 0 Å². The SMILES string of the molecule is COC(=O)c1c(NC(=O)[C@H]2CCCO2)c2cc(N[C@@H](C)CC(C)(C)O)cnc2n1Cc1ccccc1. The number of methoxy groups -OCH3 is 1. The highest BCUT2D eigenvalue weighted by molar-refractivity contribution is 6.12. The number of rotatable bonds is 9. The maximum atomic E-state index is 13.0. The van der Waals surface area contributed by atoms with E-state index in [0.29, 0.717) is 48.4 Å². The molecule has 4 rings (SSSR count). The highest BCUT2D eigenvalue weighted by Crippen LogP contribution is 2.34. The van der Waals surface area contributed by atoms with Crippen molar-refractivity contribution in [2.75, 3.05) is 24.4 Å². The van der Waals surface area contributed by atoms with E-state index in [-0.39, 0.29) is 17.6 Å². The van der Waals surface area contributed by atoms with Crippen LogP contribution in [0.4, 0.5) is 11.4 Å². The summed E-state index contributed by atoms with van der Waals surface area (Å²) in [5.41, 5.74) is 1.96. The molecule has 0 radical (unpaired) electrons. The fourth-order valence-electron chi connectivity index (χ4n) is 4.73. The standard InChI is InChI=1S/C27H34N4O5/c1-17(14-27(2,3)34)29-19-13-20-22(30-25(32)21-11-8-12-36-21)23(26(33)35-4)31(24(20)28-15-19)16-18-9-6-5-7-10-18/h5-7,9-10,13,15,17,21,29,34H,8,11-12,14,16H2,1-4H3,(H,30,32)/t17-,21+/m0/s1. The first-order valence-electron chi connectivity index (χ1n) is 12.2. The average Bonchev–Trinajstić information content (AvgIpc) is 3.46. The Hall–Kier alpha value is -3.43. The summed E-state index contributed by atoms with van der Waals surface area (Å²) in [7, 11) is 1.32. The predicted molar refractivity (Wildman–Crippen MR) is 138 cm³/mol. The zero-order valence-electron chi connectivity index (χ0n) is 21.2. The Kier molecular flexibility index (Phi) is 7.61. The first-order chi connectivity index (χ1) is 17.2. The molecule has 0 bridgehead atoms. The summed E-state index contributed by atoms with van der Waals surface area (Å²) in [6, 6.07) is 11.5. The number of carbonyl (C=O) groups excluding carboxylic acids is 2. The zero-order valence-corrected chi connectivity index (χ0v) is 21.2. The summed E-state index contributed by atoms with van der Waals surface area (Å²) in [4.78, 5) is 30.8. The maximum Gasteiger partial charge on any atom is 0.356 e. The molecule has 0 unspecified atom stereocenters. The minimum Gasteiger partial charge on any atom is -0.464 e. The first-order valence-corrected chi connectivity index (χ1v) is 12.2. The van der Waals surface area contributed by atoms with Gasteiger partial charge in [0.1, 0.15) is 11.8 Å². The summed E-state index contributed by atoms with van der Waals surface area (Å²) in [5, 5.41) is 17.1. The molecule has 3 aromatic rings. The maximum absolute atomic E-state index is 13.0. The number of hydrogen-bond acceptors (Lipinski definition) is 7. The number of nitrogens with zero attached hydrogens (tertiary/aromatic N) is 2. The number of aliphatic hydroxyl groups is 1. The molecule has 1 fully saturated rings. The molecule has 2 aromatic heterocycles. The molecule has 3 heterocycles. The Balaban J connectivity index is 1.81. The summed E-state index contributed by atoms with van der Waals surface area (Å²) >= 11 is 0. The molecule has 1 aromatic carbocycles. The second kappa shape index (κ2) is 10.7. The van der Waals surface area contributed by atoms with Gasteiger partial charge in [0.05, 0.1) is 30.3 Å². The van der Waals surface area contributed by atoms with Crippen LogP contribution in [0.25, 0.3) is 11.0 Å². The Labute approximate surface area is 210 Å². The predicted octanol–water partition coefficient (Wildman–Crippen LogP) is 3.95. The Morgan fingerprint density at radius 3 is 2.69 bits per heavy atom. The number of esters is 1. The summed E-state index contributed by atoms with van der Waals surface area (Å²) in [5.74, 6) is -0.873. The van der Waals surface area contributed by atoms with Crippen molar-refractivity contribution in [2.45, 2.75) is 64.3 Å². The molecule has 3 N–H and O–H groups in total. The molecular weight excluding hydrogens is 460 g/mol. The molecule has 0 saturated carbocycles. The molecule has 1 aliphatic heterocycles. The summed E-state index contributed by atoms with van der Waals surface area (Å²) < 4.78 is 12.5. The number of benzene rings is 1. The number of fused-ring (bicyclic) bond motifs is 1. The number of aromatic nitrogens is 2. The van der Waals surface area contributed by atoms with Gasteiger partial charge in [0, 0.05) is 24.6 Å². The van der Waals surface area contributed by atoms with E-state index in [2.05, 4.69) is 15.6 Å². The zero-order chi connectivity index (χ0) is 25.9. The number of hydrogen-bond donors (Lipinski definition) is 3. The second-order valence-corrected chi connectivity index (χ2v) is 9.93. The summed E-state index contributed by atoms with van der Waals surface area (Å²) in [6.45, 7) is 6.40. The van der Waals surface area contributed by atoms with Gasteiger partial charge in [0.25, 0.3) is 5.91 Å². The normalized spacial score (nSPS) is 16.6. The third kappa shape index (κ3) is 5.85. The second-order valence-electron chi connectivity index (χ2n) is 9.93. The van der Waals surface area contributed by atoms with Gasteiger partial charge in [-0.05, 0) is 51.7 Å². The molecule has 1 amide bonds. The number of carbonyl (C=O) groups is 2. The van der Waals surface area contributed by atoms with Gasteiger partial charge in [0.2, 0.25) is 0 Å². The van der Waals surface area contributed by atoms with Crippen molar-refractivity contribution in [3.05, 3.63) is 53.9 Å². The minimum atomic E-state index is -0.832. The first kappa shape index (κ1) is 25.7. The molecule has 9 heteroatoms. The lowest BCUT2D eigenvalue weighted by molar-refractivity contribution is -0.124. The van der Waals surface area contributed by atoms with Gasteiger partial charge in [-0.3, -0.25) is 4.79 Å². The van der Waals surface area contributed by atoms with Crippen molar-refractivity contribution in [1.82, 2.24) is 9.55 Å². The lowest BCUT2D eigenvalue weighted by Crippen LogP contribution is -2.29. The molecule has 1 aliphatic rings. The lowest BCUT2D eigenvalue weighted by atomic mass is 10.0. The van der Waals surface area contributed by atoms with E-state index >= 15 is 0 Å². The van der Waals surface area contributed by atoms with Crippen LogP contribution in [0.1, 0.15) is 56.1 Å². The average molecular weight is 495 g/mol. The van der Waals surface area contributed by atoms with E-state index in [4.69, 9.17) is 9.47 Å². The van der Waals surface area contributed by atoms with Crippen LogP contribution in [0.3, 0.4) is 0 Å². The van der Waals surface area contributed by atoms with Crippen LogP contribution in [0.2, 0.25) is 0 Å². The molecule has 192 valence electrons. The quantitative estimate of drug-likeness (QED) is 0.386. The van der Waals surface area contributed by atoms with Gasteiger partial charge >= 0.3 is 5.97 Å². The highest BCUT2D eigenvalue weighted by Gasteiger charge is 2.30. The number of ether oxygens (including phenoxy) is 2. The van der Waals surface area contributed by atoms with E-state index < -0.39 is 17.7 Å². The smallest absolute Gasteiger partial charge is 0.356 e. The van der Waals surface area contributed by atoms with Crippen LogP contribution in [-0.2, 0) is 20.8 Å². The number of nitrogens with one attached hydrogen (secondary N) is 2. The Bertz CT molecular complexity index is 1230. The van der Waals surface area contributed by atoms with Crippen LogP contribution < -0.4 is 10.6 Å². The molecule has 36 heavy (non-hydrogen) atoms. The van der Waals surface area contributed by atoms with Gasteiger partial charge in [0.15, 0.2) is 5.69 Å². The fourth-order valence-corrected chi connectivity index (χ4v) is 4.73. The molecule has 0 spiro atoms. The van der Waals surface area contributed by atoms with Gasteiger partial charge < -0.3 is 29.8 Å². The van der Waals surface area contributed by atoms with E-state index in [1.165, 1.54) is 7.11 Å². The van der Waals surface area contributed by atoms with Crippen LogP contribution in [-0.4, -0.2) is 58.0 Å². The fraction of sp³-hybridized carbons (Fsp3) is 0.444. The van der Waals surface area contributed by atoms with Gasteiger partial charge in [-0.2, -0.15) is 0 Å². The van der Waals surface area contributed by atoms with Crippen molar-refractivity contribution in [2.24, 2.45) is 0 Å². The molecule has 9 nitrogen and oxygen atoms in total. The molecular formula is C27H34N4O5. The van der Waals surface area contributed by atoms with Gasteiger partial charge in [-0.25, -0.2) is 9.78 Å². The number of amides is 1. The van der Waals surface area contributed by atoms with Crippen LogP contribution >= 0.6 is 0 Å². The van der Waals surface area contributed by atoms with Crippen molar-refractivity contribution >= 4 is 34.3 Å².